The minimum Gasteiger partial charge on any atom is -0.350 e. The van der Waals surface area contributed by atoms with Crippen molar-refractivity contribution < 1.29 is 18.0 Å². The van der Waals surface area contributed by atoms with Gasteiger partial charge < -0.3 is 10.6 Å². The Balaban J connectivity index is 0.00000243. The van der Waals surface area contributed by atoms with Crippen molar-refractivity contribution >= 4 is 18.3 Å². The predicted molar refractivity (Wildman–Crippen MR) is 97.5 cm³/mol. The molecule has 2 aromatic carbocycles. The van der Waals surface area contributed by atoms with Crippen LogP contribution in [0.4, 0.5) is 13.2 Å². The van der Waals surface area contributed by atoms with Gasteiger partial charge in [-0.2, -0.15) is 13.2 Å². The van der Waals surface area contributed by atoms with E-state index in [2.05, 4.69) is 10.6 Å². The number of amides is 1. The molecule has 2 aromatic rings. The molecule has 0 aromatic heterocycles. The molecular weight excluding hydrogens is 365 g/mol. The van der Waals surface area contributed by atoms with Crippen molar-refractivity contribution in [3.63, 3.8) is 0 Å². The van der Waals surface area contributed by atoms with Crippen LogP contribution in [0.3, 0.4) is 0 Å². The van der Waals surface area contributed by atoms with E-state index >= 15 is 0 Å². The molecule has 3 rings (SSSR count). The third-order valence-electron chi connectivity index (χ3n) is 4.34. The summed E-state index contributed by atoms with van der Waals surface area (Å²) < 4.78 is 39.6. The van der Waals surface area contributed by atoms with Crippen molar-refractivity contribution in [1.29, 1.82) is 0 Å². The van der Waals surface area contributed by atoms with Gasteiger partial charge in [-0.05, 0) is 48.7 Å². The van der Waals surface area contributed by atoms with Crippen molar-refractivity contribution in [3.05, 3.63) is 59.7 Å². The van der Waals surface area contributed by atoms with Crippen LogP contribution in [-0.2, 0) is 6.18 Å². The summed E-state index contributed by atoms with van der Waals surface area (Å²) in [6.45, 7) is 1.46. The molecule has 1 saturated heterocycles. The molecule has 7 heteroatoms. The molecule has 1 fully saturated rings. The van der Waals surface area contributed by atoms with Gasteiger partial charge in [0.05, 0.1) is 5.56 Å². The Kier molecular flexibility index (Phi) is 6.67. The highest BCUT2D eigenvalue weighted by atomic mass is 35.5. The van der Waals surface area contributed by atoms with Crippen LogP contribution in [0.15, 0.2) is 48.5 Å². The smallest absolute Gasteiger partial charge is 0.350 e. The highest BCUT2D eigenvalue weighted by Crippen LogP contribution is 2.37. The van der Waals surface area contributed by atoms with Gasteiger partial charge in [0.15, 0.2) is 0 Å². The highest BCUT2D eigenvalue weighted by molar-refractivity contribution is 5.95. The summed E-state index contributed by atoms with van der Waals surface area (Å²) >= 11 is 0. The Morgan fingerprint density at radius 2 is 1.92 bits per heavy atom. The second-order valence-corrected chi connectivity index (χ2v) is 6.13. The molecule has 26 heavy (non-hydrogen) atoms. The molecule has 0 saturated carbocycles. The lowest BCUT2D eigenvalue weighted by Crippen LogP contribution is -2.37. The average molecular weight is 385 g/mol. The molecule has 1 aliphatic rings. The lowest BCUT2D eigenvalue weighted by Gasteiger charge is -2.14. The maximum Gasteiger partial charge on any atom is 0.417 e. The Hall–Kier alpha value is -2.05. The molecule has 3 nitrogen and oxygen atoms in total. The Morgan fingerprint density at radius 3 is 2.62 bits per heavy atom. The predicted octanol–water partition coefficient (Wildman–Crippen LogP) is 4.28. The van der Waals surface area contributed by atoms with Crippen LogP contribution in [0.2, 0.25) is 0 Å². The van der Waals surface area contributed by atoms with Gasteiger partial charge in [-0.3, -0.25) is 4.79 Å². The zero-order chi connectivity index (χ0) is 17.9. The molecule has 1 atom stereocenters. The van der Waals surface area contributed by atoms with Crippen LogP contribution in [0.25, 0.3) is 11.1 Å². The lowest BCUT2D eigenvalue weighted by atomic mass is 9.97. The molecule has 140 valence electrons. The maximum atomic E-state index is 13.2. The molecule has 0 bridgehead atoms. The van der Waals surface area contributed by atoms with E-state index in [1.165, 1.54) is 18.2 Å². The average Bonchev–Trinajstić information content (AvgIpc) is 3.12. The fourth-order valence-corrected chi connectivity index (χ4v) is 3.06. The summed E-state index contributed by atoms with van der Waals surface area (Å²) in [6, 6.07) is 11.9. The van der Waals surface area contributed by atoms with Gasteiger partial charge >= 0.3 is 6.18 Å². The minimum absolute atomic E-state index is 0. The van der Waals surface area contributed by atoms with Crippen LogP contribution in [-0.4, -0.2) is 25.0 Å². The maximum absolute atomic E-state index is 13.2. The molecule has 1 aliphatic heterocycles. The minimum atomic E-state index is -4.44. The van der Waals surface area contributed by atoms with E-state index in [1.807, 2.05) is 0 Å². The largest absolute Gasteiger partial charge is 0.417 e. The lowest BCUT2D eigenvalue weighted by molar-refractivity contribution is -0.137. The van der Waals surface area contributed by atoms with Crippen LogP contribution in [0.1, 0.15) is 28.8 Å². The van der Waals surface area contributed by atoms with Crippen molar-refractivity contribution in [1.82, 2.24) is 10.6 Å². The first-order valence-electron chi connectivity index (χ1n) is 8.23. The number of carbonyl (C=O) groups excluding carboxylic acids is 1. The number of hydrogen-bond acceptors (Lipinski definition) is 2. The van der Waals surface area contributed by atoms with Crippen molar-refractivity contribution in [2.75, 3.05) is 13.1 Å². The number of halogens is 4. The molecule has 0 radical (unpaired) electrons. The fraction of sp³-hybridized carbons (Fsp3) is 0.316. The van der Waals surface area contributed by atoms with Gasteiger partial charge in [-0.15, -0.1) is 12.4 Å². The van der Waals surface area contributed by atoms with E-state index in [1.54, 1.807) is 24.3 Å². The van der Waals surface area contributed by atoms with E-state index < -0.39 is 11.7 Å². The standard InChI is InChI=1S/C19H19F3N2O.ClH/c20-19(21,22)17-9-2-1-8-16(17)13-5-3-6-14(11-13)18(25)24-12-15-7-4-10-23-15;/h1-3,5-6,8-9,11,15,23H,4,7,10,12H2,(H,24,25);1H/t15-;/m0./s1. The summed E-state index contributed by atoms with van der Waals surface area (Å²) in [4.78, 5) is 12.3. The summed E-state index contributed by atoms with van der Waals surface area (Å²) in [7, 11) is 0. The van der Waals surface area contributed by atoms with Gasteiger partial charge in [0.1, 0.15) is 0 Å². The molecule has 0 aliphatic carbocycles. The van der Waals surface area contributed by atoms with Gasteiger partial charge in [0.25, 0.3) is 5.91 Å². The zero-order valence-electron chi connectivity index (χ0n) is 14.0. The van der Waals surface area contributed by atoms with Gasteiger partial charge in [-0.1, -0.05) is 30.3 Å². The fourth-order valence-electron chi connectivity index (χ4n) is 3.06. The van der Waals surface area contributed by atoms with Crippen LogP contribution < -0.4 is 10.6 Å². The van der Waals surface area contributed by atoms with Crippen LogP contribution >= 0.6 is 12.4 Å². The SMILES string of the molecule is Cl.O=C(NC[C@@H]1CCCN1)c1cccc(-c2ccccc2C(F)(F)F)c1. The molecule has 0 spiro atoms. The first-order valence-corrected chi connectivity index (χ1v) is 8.23. The van der Waals surface area contributed by atoms with Crippen molar-refractivity contribution in [2.45, 2.75) is 25.1 Å². The molecular formula is C19H20ClF3N2O. The first-order chi connectivity index (χ1) is 11.9. The van der Waals surface area contributed by atoms with Gasteiger partial charge in [-0.25, -0.2) is 0 Å². The van der Waals surface area contributed by atoms with E-state index in [4.69, 9.17) is 0 Å². The number of alkyl halides is 3. The highest BCUT2D eigenvalue weighted by Gasteiger charge is 2.33. The first kappa shape index (κ1) is 20.3. The van der Waals surface area contributed by atoms with Crippen LogP contribution in [0.5, 0.6) is 0 Å². The van der Waals surface area contributed by atoms with Gasteiger partial charge in [0, 0.05) is 18.2 Å². The van der Waals surface area contributed by atoms with Crippen molar-refractivity contribution in [3.8, 4) is 11.1 Å². The van der Waals surface area contributed by atoms with E-state index in [-0.39, 0.29) is 29.9 Å². The van der Waals surface area contributed by atoms with E-state index in [0.29, 0.717) is 17.7 Å². The van der Waals surface area contributed by atoms with Crippen LogP contribution in [0, 0.1) is 0 Å². The Morgan fingerprint density at radius 1 is 1.15 bits per heavy atom. The van der Waals surface area contributed by atoms with E-state index in [9.17, 15) is 18.0 Å². The molecule has 1 heterocycles. The van der Waals surface area contributed by atoms with Gasteiger partial charge in [0.2, 0.25) is 0 Å². The normalized spacial score (nSPS) is 16.8. The quantitative estimate of drug-likeness (QED) is 0.826. The summed E-state index contributed by atoms with van der Waals surface area (Å²) in [5, 5.41) is 6.13. The summed E-state index contributed by atoms with van der Waals surface area (Å²) in [5.41, 5.74) is 0.0943. The molecule has 0 unspecified atom stereocenters. The number of nitrogens with one attached hydrogen (secondary N) is 2. The molecule has 2 N–H and O–H groups in total. The summed E-state index contributed by atoms with van der Waals surface area (Å²) in [5.74, 6) is -0.278. The number of rotatable bonds is 4. The Labute approximate surface area is 156 Å². The van der Waals surface area contributed by atoms with Crippen molar-refractivity contribution in [2.24, 2.45) is 0 Å². The molecule has 1 amide bonds. The third-order valence-corrected chi connectivity index (χ3v) is 4.34. The Bertz CT molecular complexity index is 758. The number of benzene rings is 2. The number of hydrogen-bond donors (Lipinski definition) is 2. The second-order valence-electron chi connectivity index (χ2n) is 6.13. The third kappa shape index (κ3) is 4.77. The topological polar surface area (TPSA) is 41.1 Å². The summed E-state index contributed by atoms with van der Waals surface area (Å²) in [6.07, 6.45) is -2.34. The second kappa shape index (κ2) is 8.56. The zero-order valence-corrected chi connectivity index (χ0v) is 14.8. The number of carbonyl (C=O) groups is 1. The van der Waals surface area contributed by atoms with E-state index in [0.717, 1.165) is 25.5 Å². The monoisotopic (exact) mass is 384 g/mol.